The molecule has 0 atom stereocenters. The molecular weight excluding hydrogens is 174 g/mol. The number of nitrogens with one attached hydrogen (secondary N) is 2. The molecule has 0 saturated heterocycles. The highest BCUT2D eigenvalue weighted by atomic mass is 14.9. The first-order chi connectivity index (χ1) is 6.93. The molecule has 0 unspecified atom stereocenters. The van der Waals surface area contributed by atoms with Crippen molar-refractivity contribution in [1.82, 2.24) is 5.32 Å². The minimum absolute atomic E-state index is 0.756. The molecular formula is C11H17N3. The maximum Gasteiger partial charge on any atom is 0.0577 e. The van der Waals surface area contributed by atoms with Crippen LogP contribution < -0.4 is 5.32 Å². The van der Waals surface area contributed by atoms with E-state index < -0.39 is 0 Å². The van der Waals surface area contributed by atoms with Crippen molar-refractivity contribution in [3.8, 4) is 11.8 Å². The highest BCUT2D eigenvalue weighted by Gasteiger charge is 1.95. The molecule has 0 spiro atoms. The van der Waals surface area contributed by atoms with Gasteiger partial charge in [0.05, 0.1) is 18.8 Å². The van der Waals surface area contributed by atoms with Crippen molar-refractivity contribution in [2.24, 2.45) is 4.99 Å². The van der Waals surface area contributed by atoms with E-state index >= 15 is 0 Å². The topological polar surface area (TPSA) is 48.2 Å². The molecule has 0 aromatic heterocycles. The molecule has 1 rings (SSSR count). The molecule has 0 radical (unpaired) electrons. The number of rotatable bonds is 1. The lowest BCUT2D eigenvalue weighted by molar-refractivity contribution is 0.748. The van der Waals surface area contributed by atoms with Crippen LogP contribution in [-0.2, 0) is 0 Å². The van der Waals surface area contributed by atoms with E-state index in [0.717, 1.165) is 51.0 Å². The fraction of sp³-hybridized carbons (Fsp3) is 0.636. The lowest BCUT2D eigenvalue weighted by Gasteiger charge is -2.02. The lowest BCUT2D eigenvalue weighted by atomic mass is 10.1. The quantitative estimate of drug-likeness (QED) is 0.475. The molecule has 0 bridgehead atoms. The van der Waals surface area contributed by atoms with Crippen LogP contribution >= 0.6 is 0 Å². The van der Waals surface area contributed by atoms with Crippen LogP contribution in [-0.4, -0.2) is 31.6 Å². The first-order valence-corrected chi connectivity index (χ1v) is 5.13. The van der Waals surface area contributed by atoms with Gasteiger partial charge >= 0.3 is 0 Å². The molecule has 14 heavy (non-hydrogen) atoms. The van der Waals surface area contributed by atoms with Gasteiger partial charge in [-0.2, -0.15) is 0 Å². The van der Waals surface area contributed by atoms with Crippen molar-refractivity contribution in [3.63, 3.8) is 0 Å². The smallest absolute Gasteiger partial charge is 0.0577 e. The van der Waals surface area contributed by atoms with Gasteiger partial charge < -0.3 is 10.7 Å². The molecule has 0 aromatic carbocycles. The van der Waals surface area contributed by atoms with Gasteiger partial charge in [0.25, 0.3) is 0 Å². The highest BCUT2D eigenvalue weighted by molar-refractivity contribution is 6.29. The first-order valence-electron chi connectivity index (χ1n) is 5.13. The average Bonchev–Trinajstić information content (AvgIpc) is 2.19. The van der Waals surface area contributed by atoms with Gasteiger partial charge in [-0.1, -0.05) is 5.92 Å². The molecule has 0 amide bonds. The molecule has 2 N–H and O–H groups in total. The lowest BCUT2D eigenvalue weighted by Crippen LogP contribution is -2.18. The van der Waals surface area contributed by atoms with Crippen molar-refractivity contribution >= 4 is 11.9 Å². The number of hydrogen-bond donors (Lipinski definition) is 2. The largest absolute Gasteiger partial charge is 0.307 e. The summed E-state index contributed by atoms with van der Waals surface area (Å²) in [5.74, 6) is 6.20. The summed E-state index contributed by atoms with van der Waals surface area (Å²) in [6.07, 6.45) is 5.46. The molecule has 1 heterocycles. The second-order valence-electron chi connectivity index (χ2n) is 3.25. The molecule has 0 saturated carbocycles. The van der Waals surface area contributed by atoms with Gasteiger partial charge in [-0.05, 0) is 19.3 Å². The maximum absolute atomic E-state index is 7.19. The molecule has 1 aliphatic heterocycles. The Bertz CT molecular complexity index is 257. The Balaban J connectivity index is 2.41. The maximum atomic E-state index is 7.19. The predicted molar refractivity (Wildman–Crippen MR) is 60.2 cm³/mol. The van der Waals surface area contributed by atoms with E-state index in [2.05, 4.69) is 22.2 Å². The Morgan fingerprint density at radius 1 is 1.36 bits per heavy atom. The Kier molecular flexibility index (Phi) is 5.69. The van der Waals surface area contributed by atoms with Crippen LogP contribution in [0.15, 0.2) is 4.99 Å². The Morgan fingerprint density at radius 2 is 2.29 bits per heavy atom. The van der Waals surface area contributed by atoms with Gasteiger partial charge in [0.15, 0.2) is 0 Å². The van der Waals surface area contributed by atoms with Gasteiger partial charge in [0, 0.05) is 19.2 Å². The summed E-state index contributed by atoms with van der Waals surface area (Å²) in [5.41, 5.74) is 0.917. The van der Waals surface area contributed by atoms with E-state index in [1.165, 1.54) is 6.21 Å². The zero-order valence-electron chi connectivity index (χ0n) is 8.47. The van der Waals surface area contributed by atoms with Gasteiger partial charge in [0.1, 0.15) is 0 Å². The zero-order chi connectivity index (χ0) is 10.1. The van der Waals surface area contributed by atoms with E-state index in [-0.39, 0.29) is 0 Å². The Morgan fingerprint density at radius 3 is 3.14 bits per heavy atom. The second-order valence-corrected chi connectivity index (χ2v) is 3.25. The average molecular weight is 191 g/mol. The standard InChI is InChI=1S/C11H17N3/c12-10-11-6-4-2-1-3-5-7-13-8-9-14-11/h10,12-13H,1-2,4,6-9H2. The van der Waals surface area contributed by atoms with Crippen LogP contribution in [0.2, 0.25) is 0 Å². The predicted octanol–water partition coefficient (Wildman–Crippen LogP) is 1.24. The Labute approximate surface area is 85.5 Å². The zero-order valence-corrected chi connectivity index (χ0v) is 8.47. The van der Waals surface area contributed by atoms with Crippen molar-refractivity contribution in [1.29, 1.82) is 5.41 Å². The molecule has 0 aliphatic carbocycles. The van der Waals surface area contributed by atoms with Gasteiger partial charge in [0.2, 0.25) is 0 Å². The molecule has 3 nitrogen and oxygen atoms in total. The monoisotopic (exact) mass is 191 g/mol. The van der Waals surface area contributed by atoms with Crippen LogP contribution in [0.25, 0.3) is 0 Å². The summed E-state index contributed by atoms with van der Waals surface area (Å²) >= 11 is 0. The van der Waals surface area contributed by atoms with Crippen molar-refractivity contribution in [2.45, 2.75) is 25.7 Å². The third kappa shape index (κ3) is 4.78. The van der Waals surface area contributed by atoms with E-state index in [1.54, 1.807) is 0 Å². The van der Waals surface area contributed by atoms with Gasteiger partial charge in [-0.25, -0.2) is 0 Å². The molecule has 3 heteroatoms. The van der Waals surface area contributed by atoms with E-state index in [9.17, 15) is 0 Å². The SMILES string of the molecule is N=CC1=NCCNCC#CCCCC1. The van der Waals surface area contributed by atoms with E-state index in [0.29, 0.717) is 0 Å². The number of nitrogens with zero attached hydrogens (tertiary/aromatic N) is 1. The summed E-state index contributed by atoms with van der Waals surface area (Å²) in [7, 11) is 0. The summed E-state index contributed by atoms with van der Waals surface area (Å²) in [5, 5.41) is 10.4. The third-order valence-electron chi connectivity index (χ3n) is 2.09. The fourth-order valence-corrected chi connectivity index (χ4v) is 1.30. The first kappa shape index (κ1) is 10.9. The third-order valence-corrected chi connectivity index (χ3v) is 2.09. The van der Waals surface area contributed by atoms with Crippen molar-refractivity contribution in [2.75, 3.05) is 19.6 Å². The second kappa shape index (κ2) is 7.28. The molecule has 0 aromatic rings. The van der Waals surface area contributed by atoms with Crippen LogP contribution in [0.1, 0.15) is 25.7 Å². The molecule has 1 aliphatic rings. The number of hydrogen-bond acceptors (Lipinski definition) is 3. The van der Waals surface area contributed by atoms with Crippen LogP contribution in [0.5, 0.6) is 0 Å². The summed E-state index contributed by atoms with van der Waals surface area (Å²) in [6, 6.07) is 0. The molecule has 76 valence electrons. The van der Waals surface area contributed by atoms with Crippen LogP contribution in [0.4, 0.5) is 0 Å². The van der Waals surface area contributed by atoms with Crippen LogP contribution in [0, 0.1) is 17.3 Å². The van der Waals surface area contributed by atoms with Gasteiger partial charge in [-0.15, -0.1) is 5.92 Å². The summed E-state index contributed by atoms with van der Waals surface area (Å²) in [6.45, 7) is 2.37. The number of aliphatic imine (C=N–C) groups is 1. The van der Waals surface area contributed by atoms with Gasteiger partial charge in [-0.3, -0.25) is 4.99 Å². The van der Waals surface area contributed by atoms with Crippen molar-refractivity contribution < 1.29 is 0 Å². The van der Waals surface area contributed by atoms with Crippen molar-refractivity contribution in [3.05, 3.63) is 0 Å². The van der Waals surface area contributed by atoms with E-state index in [4.69, 9.17) is 5.41 Å². The Hall–Kier alpha value is -1.14. The summed E-state index contributed by atoms with van der Waals surface area (Å²) in [4.78, 5) is 4.34. The summed E-state index contributed by atoms with van der Waals surface area (Å²) < 4.78 is 0. The minimum atomic E-state index is 0.756. The fourth-order valence-electron chi connectivity index (χ4n) is 1.30. The van der Waals surface area contributed by atoms with Crippen LogP contribution in [0.3, 0.4) is 0 Å². The van der Waals surface area contributed by atoms with E-state index in [1.807, 2.05) is 0 Å². The molecule has 0 fully saturated rings. The minimum Gasteiger partial charge on any atom is -0.307 e. The highest BCUT2D eigenvalue weighted by Crippen LogP contribution is 2.00. The normalized spacial score (nSPS) is 19.3.